The summed E-state index contributed by atoms with van der Waals surface area (Å²) in [5, 5.41) is 9.12. The molecule has 0 aromatic carbocycles. The normalized spacial score (nSPS) is 11.2. The average molecular weight is 183 g/mol. The predicted molar refractivity (Wildman–Crippen MR) is 49.9 cm³/mol. The molecule has 0 fully saturated rings. The number of H-pyrrole nitrogens is 1. The van der Waals surface area contributed by atoms with Gasteiger partial charge >= 0.3 is 0 Å². The fraction of sp³-hybridized carbons (Fsp3) is 0.429. The maximum atomic E-state index is 10.9. The Morgan fingerprint density at radius 3 is 2.69 bits per heavy atom. The highest BCUT2D eigenvalue weighted by Gasteiger charge is 2.25. The summed E-state index contributed by atoms with van der Waals surface area (Å²) in [6, 6.07) is 0. The second kappa shape index (κ2) is 2.96. The van der Waals surface area contributed by atoms with Crippen LogP contribution in [0.1, 0.15) is 13.8 Å². The summed E-state index contributed by atoms with van der Waals surface area (Å²) in [5.41, 5.74) is 10.4. The highest BCUT2D eigenvalue weighted by Crippen LogP contribution is 2.18. The van der Waals surface area contributed by atoms with Crippen molar-refractivity contribution in [3.05, 3.63) is 6.20 Å². The summed E-state index contributed by atoms with van der Waals surface area (Å²) in [4.78, 5) is 10.9. The molecule has 0 aliphatic carbocycles. The number of anilines is 2. The minimum Gasteiger partial charge on any atom is -0.382 e. The number of carbonyl (C=O) groups excluding carboxylic acids is 1. The van der Waals surface area contributed by atoms with Gasteiger partial charge in [-0.3, -0.25) is 9.89 Å². The first-order chi connectivity index (χ1) is 5.93. The van der Waals surface area contributed by atoms with Gasteiger partial charge in [0.2, 0.25) is 5.91 Å². The number of aromatic nitrogens is 2. The second-order valence-corrected chi connectivity index (χ2v) is 3.31. The highest BCUT2D eigenvalue weighted by molar-refractivity contribution is 5.87. The fourth-order valence-electron chi connectivity index (χ4n) is 0.794. The molecule has 0 unspecified atom stereocenters. The van der Waals surface area contributed by atoms with Gasteiger partial charge in [0, 0.05) is 0 Å². The first kappa shape index (κ1) is 9.37. The van der Waals surface area contributed by atoms with Gasteiger partial charge in [-0.25, -0.2) is 0 Å². The van der Waals surface area contributed by atoms with Gasteiger partial charge in [0.1, 0.15) is 11.4 Å². The van der Waals surface area contributed by atoms with Crippen molar-refractivity contribution in [3.63, 3.8) is 0 Å². The molecule has 1 amide bonds. The molecule has 13 heavy (non-hydrogen) atoms. The fourth-order valence-corrected chi connectivity index (χ4v) is 0.794. The summed E-state index contributed by atoms with van der Waals surface area (Å²) in [6.07, 6.45) is 1.50. The second-order valence-electron chi connectivity index (χ2n) is 3.31. The van der Waals surface area contributed by atoms with Gasteiger partial charge in [0.15, 0.2) is 0 Å². The minimum atomic E-state index is -0.835. The lowest BCUT2D eigenvalue weighted by Gasteiger charge is -2.22. The summed E-state index contributed by atoms with van der Waals surface area (Å²) >= 11 is 0. The van der Waals surface area contributed by atoms with Crippen molar-refractivity contribution in [2.75, 3.05) is 11.1 Å². The molecule has 0 aliphatic rings. The predicted octanol–water partition coefficient (Wildman–Crippen LogP) is -0.332. The SMILES string of the molecule is CC(C)(Nc1cn[nH]c1N)C(N)=O. The van der Waals surface area contributed by atoms with E-state index in [4.69, 9.17) is 11.5 Å². The van der Waals surface area contributed by atoms with E-state index in [-0.39, 0.29) is 0 Å². The molecule has 0 radical (unpaired) electrons. The molecule has 1 heterocycles. The molecular formula is C7H13N5O. The van der Waals surface area contributed by atoms with Crippen LogP contribution < -0.4 is 16.8 Å². The molecule has 6 nitrogen and oxygen atoms in total. The molecule has 0 saturated carbocycles. The van der Waals surface area contributed by atoms with Crippen LogP contribution in [-0.2, 0) is 4.79 Å². The monoisotopic (exact) mass is 183 g/mol. The number of nitrogens with zero attached hydrogens (tertiary/aromatic N) is 1. The third-order valence-corrected chi connectivity index (χ3v) is 1.73. The summed E-state index contributed by atoms with van der Waals surface area (Å²) in [5.74, 6) is -0.0672. The van der Waals surface area contributed by atoms with Crippen LogP contribution in [0.5, 0.6) is 0 Å². The van der Waals surface area contributed by atoms with Crippen molar-refractivity contribution >= 4 is 17.4 Å². The molecular weight excluding hydrogens is 170 g/mol. The van der Waals surface area contributed by atoms with E-state index in [2.05, 4.69) is 15.5 Å². The largest absolute Gasteiger partial charge is 0.382 e. The van der Waals surface area contributed by atoms with Crippen LogP contribution in [-0.4, -0.2) is 21.6 Å². The topological polar surface area (TPSA) is 110 Å². The molecule has 72 valence electrons. The molecule has 0 atom stereocenters. The van der Waals surface area contributed by atoms with Gasteiger partial charge in [-0.05, 0) is 13.8 Å². The maximum absolute atomic E-state index is 10.9. The summed E-state index contributed by atoms with van der Waals surface area (Å²) < 4.78 is 0. The van der Waals surface area contributed by atoms with Crippen molar-refractivity contribution in [3.8, 4) is 0 Å². The van der Waals surface area contributed by atoms with Crippen LogP contribution in [0.3, 0.4) is 0 Å². The van der Waals surface area contributed by atoms with E-state index in [9.17, 15) is 4.79 Å². The standard InChI is InChI=1S/C7H13N5O/c1-7(2,6(9)13)11-4-3-10-12-5(4)8/h3,11H,1-2H3,(H2,9,13)(H3,8,10,12). The van der Waals surface area contributed by atoms with E-state index < -0.39 is 11.4 Å². The summed E-state index contributed by atoms with van der Waals surface area (Å²) in [7, 11) is 0. The third kappa shape index (κ3) is 1.90. The molecule has 1 rings (SSSR count). The minimum absolute atomic E-state index is 0.384. The molecule has 0 aliphatic heterocycles. The van der Waals surface area contributed by atoms with Crippen molar-refractivity contribution in [1.82, 2.24) is 10.2 Å². The van der Waals surface area contributed by atoms with Crippen molar-refractivity contribution in [2.24, 2.45) is 5.73 Å². The Kier molecular flexibility index (Phi) is 2.14. The number of rotatable bonds is 3. The Balaban J connectivity index is 2.80. The van der Waals surface area contributed by atoms with Crippen LogP contribution in [0, 0.1) is 0 Å². The van der Waals surface area contributed by atoms with Crippen LogP contribution in [0.25, 0.3) is 0 Å². The Morgan fingerprint density at radius 2 is 2.31 bits per heavy atom. The van der Waals surface area contributed by atoms with Crippen LogP contribution in [0.2, 0.25) is 0 Å². The highest BCUT2D eigenvalue weighted by atomic mass is 16.1. The molecule has 0 spiro atoms. The molecule has 0 saturated heterocycles. The van der Waals surface area contributed by atoms with E-state index >= 15 is 0 Å². The van der Waals surface area contributed by atoms with Crippen LogP contribution in [0.15, 0.2) is 6.20 Å². The zero-order valence-electron chi connectivity index (χ0n) is 7.59. The lowest BCUT2D eigenvalue weighted by Crippen LogP contribution is -2.45. The number of nitrogen functional groups attached to an aromatic ring is 1. The first-order valence-electron chi connectivity index (χ1n) is 3.80. The quantitative estimate of drug-likeness (QED) is 0.514. The zero-order valence-corrected chi connectivity index (χ0v) is 7.59. The smallest absolute Gasteiger partial charge is 0.242 e. The van der Waals surface area contributed by atoms with Gasteiger partial charge in [-0.1, -0.05) is 0 Å². The van der Waals surface area contributed by atoms with Gasteiger partial charge < -0.3 is 16.8 Å². The Labute approximate surface area is 75.7 Å². The molecule has 1 aromatic heterocycles. The van der Waals surface area contributed by atoms with Gasteiger partial charge in [0.05, 0.1) is 11.9 Å². The van der Waals surface area contributed by atoms with Crippen molar-refractivity contribution < 1.29 is 4.79 Å². The Hall–Kier alpha value is -1.72. The number of hydrogen-bond donors (Lipinski definition) is 4. The lowest BCUT2D eigenvalue weighted by atomic mass is 10.1. The number of aromatic amines is 1. The number of nitrogens with one attached hydrogen (secondary N) is 2. The van der Waals surface area contributed by atoms with Gasteiger partial charge in [-0.15, -0.1) is 0 Å². The van der Waals surface area contributed by atoms with E-state index in [0.29, 0.717) is 11.5 Å². The Bertz CT molecular complexity index is 316. The molecule has 6 heteroatoms. The molecule has 6 N–H and O–H groups in total. The first-order valence-corrected chi connectivity index (χ1v) is 3.80. The number of nitrogens with two attached hydrogens (primary N) is 2. The third-order valence-electron chi connectivity index (χ3n) is 1.73. The van der Waals surface area contributed by atoms with Crippen molar-refractivity contribution in [1.29, 1.82) is 0 Å². The Morgan fingerprint density at radius 1 is 1.69 bits per heavy atom. The maximum Gasteiger partial charge on any atom is 0.242 e. The average Bonchev–Trinajstić information content (AvgIpc) is 2.35. The van der Waals surface area contributed by atoms with Gasteiger partial charge in [-0.2, -0.15) is 5.10 Å². The van der Waals surface area contributed by atoms with Gasteiger partial charge in [0.25, 0.3) is 0 Å². The summed E-state index contributed by atoms with van der Waals surface area (Å²) in [6.45, 7) is 3.34. The van der Waals surface area contributed by atoms with E-state index in [1.54, 1.807) is 13.8 Å². The van der Waals surface area contributed by atoms with E-state index in [0.717, 1.165) is 0 Å². The molecule has 0 bridgehead atoms. The van der Waals surface area contributed by atoms with Crippen LogP contribution >= 0.6 is 0 Å². The molecule has 1 aromatic rings. The zero-order chi connectivity index (χ0) is 10.1. The number of carbonyl (C=O) groups is 1. The number of amides is 1. The van der Waals surface area contributed by atoms with Crippen molar-refractivity contribution in [2.45, 2.75) is 19.4 Å². The number of primary amides is 1. The lowest BCUT2D eigenvalue weighted by molar-refractivity contribution is -0.121. The van der Waals surface area contributed by atoms with Crippen LogP contribution in [0.4, 0.5) is 11.5 Å². The van der Waals surface area contributed by atoms with E-state index in [1.807, 2.05) is 0 Å². The van der Waals surface area contributed by atoms with E-state index in [1.165, 1.54) is 6.20 Å². The number of hydrogen-bond acceptors (Lipinski definition) is 4.